The van der Waals surface area contributed by atoms with E-state index in [1.807, 2.05) is 27.9 Å². The molecule has 1 heterocycles. The SMILES string of the molecule is CC(C)[C@H]1SC[C@@H](C(=O)NCC[NH+](C)C)N1C(=O)c1ccc(F)cc1. The van der Waals surface area contributed by atoms with Crippen molar-refractivity contribution in [2.45, 2.75) is 25.3 Å². The third-order valence-corrected chi connectivity index (χ3v) is 5.78. The number of nitrogens with one attached hydrogen (secondary N) is 2. The summed E-state index contributed by atoms with van der Waals surface area (Å²) >= 11 is 1.63. The molecule has 2 rings (SSSR count). The number of thioether (sulfide) groups is 1. The molecule has 1 saturated heterocycles. The summed E-state index contributed by atoms with van der Waals surface area (Å²) in [6.45, 7) is 5.48. The van der Waals surface area contributed by atoms with Crippen LogP contribution in [0.3, 0.4) is 0 Å². The van der Waals surface area contributed by atoms with E-state index in [4.69, 9.17) is 0 Å². The number of amides is 2. The Morgan fingerprint density at radius 3 is 2.52 bits per heavy atom. The van der Waals surface area contributed by atoms with Gasteiger partial charge in [0.1, 0.15) is 11.9 Å². The Morgan fingerprint density at radius 1 is 1.32 bits per heavy atom. The van der Waals surface area contributed by atoms with Crippen molar-refractivity contribution in [1.29, 1.82) is 0 Å². The van der Waals surface area contributed by atoms with Crippen LogP contribution in [0.2, 0.25) is 0 Å². The lowest BCUT2D eigenvalue weighted by molar-refractivity contribution is -0.856. The quantitative estimate of drug-likeness (QED) is 0.774. The fourth-order valence-electron chi connectivity index (χ4n) is 2.80. The number of hydrogen-bond acceptors (Lipinski definition) is 3. The molecule has 0 aromatic heterocycles. The van der Waals surface area contributed by atoms with Crippen molar-refractivity contribution in [3.8, 4) is 0 Å². The Kier molecular flexibility index (Phi) is 6.84. The summed E-state index contributed by atoms with van der Waals surface area (Å²) in [6, 6.07) is 5.00. The Bertz CT molecular complexity index is 607. The first kappa shape index (κ1) is 19.7. The van der Waals surface area contributed by atoms with Gasteiger partial charge >= 0.3 is 0 Å². The molecule has 5 nitrogen and oxygen atoms in total. The first-order valence-electron chi connectivity index (χ1n) is 8.58. The van der Waals surface area contributed by atoms with Crippen molar-refractivity contribution in [1.82, 2.24) is 10.2 Å². The molecule has 0 radical (unpaired) electrons. The highest BCUT2D eigenvalue weighted by Crippen LogP contribution is 2.35. The minimum absolute atomic E-state index is 0.0622. The van der Waals surface area contributed by atoms with Crippen LogP contribution in [0.15, 0.2) is 24.3 Å². The molecule has 1 fully saturated rings. The number of benzene rings is 1. The minimum atomic E-state index is -0.493. The lowest BCUT2D eigenvalue weighted by Crippen LogP contribution is -3.06. The van der Waals surface area contributed by atoms with Gasteiger partial charge in [-0.25, -0.2) is 4.39 Å². The van der Waals surface area contributed by atoms with Crippen LogP contribution in [0, 0.1) is 11.7 Å². The normalized spacial score (nSPS) is 20.4. The van der Waals surface area contributed by atoms with Crippen LogP contribution in [0.1, 0.15) is 24.2 Å². The molecule has 25 heavy (non-hydrogen) atoms. The van der Waals surface area contributed by atoms with E-state index in [1.54, 1.807) is 16.7 Å². The zero-order valence-electron chi connectivity index (χ0n) is 15.2. The second kappa shape index (κ2) is 8.67. The topological polar surface area (TPSA) is 53.9 Å². The summed E-state index contributed by atoms with van der Waals surface area (Å²) < 4.78 is 13.1. The van der Waals surface area contributed by atoms with E-state index in [-0.39, 0.29) is 28.9 Å². The van der Waals surface area contributed by atoms with Gasteiger partial charge in [0.15, 0.2) is 0 Å². The molecule has 0 saturated carbocycles. The monoisotopic (exact) mass is 368 g/mol. The van der Waals surface area contributed by atoms with E-state index in [1.165, 1.54) is 29.2 Å². The molecule has 2 amide bonds. The predicted molar refractivity (Wildman–Crippen MR) is 98.1 cm³/mol. The highest BCUT2D eigenvalue weighted by molar-refractivity contribution is 8.00. The molecule has 0 bridgehead atoms. The summed E-state index contributed by atoms with van der Waals surface area (Å²) in [5.41, 5.74) is 0.407. The summed E-state index contributed by atoms with van der Waals surface area (Å²) in [4.78, 5) is 28.5. The summed E-state index contributed by atoms with van der Waals surface area (Å²) in [6.07, 6.45) is 0. The predicted octanol–water partition coefficient (Wildman–Crippen LogP) is 0.626. The number of quaternary nitrogens is 1. The number of hydrogen-bond donors (Lipinski definition) is 2. The van der Waals surface area contributed by atoms with Gasteiger partial charge in [0.2, 0.25) is 5.91 Å². The number of nitrogens with zero attached hydrogens (tertiary/aromatic N) is 1. The van der Waals surface area contributed by atoms with Crippen LogP contribution in [0.4, 0.5) is 4.39 Å². The fraction of sp³-hybridized carbons (Fsp3) is 0.556. The lowest BCUT2D eigenvalue weighted by atomic mass is 10.1. The van der Waals surface area contributed by atoms with Crippen molar-refractivity contribution in [2.75, 3.05) is 32.9 Å². The molecule has 1 aliphatic rings. The van der Waals surface area contributed by atoms with Crippen LogP contribution in [0.5, 0.6) is 0 Å². The fourth-order valence-corrected chi connectivity index (χ4v) is 4.28. The molecule has 2 N–H and O–H groups in total. The summed E-state index contributed by atoms with van der Waals surface area (Å²) in [5.74, 6) is 0.0808. The van der Waals surface area contributed by atoms with E-state index < -0.39 is 6.04 Å². The van der Waals surface area contributed by atoms with Crippen LogP contribution >= 0.6 is 11.8 Å². The van der Waals surface area contributed by atoms with Crippen LogP contribution in [-0.2, 0) is 4.79 Å². The summed E-state index contributed by atoms with van der Waals surface area (Å²) in [7, 11) is 4.05. The van der Waals surface area contributed by atoms with Gasteiger partial charge in [-0.1, -0.05) is 13.8 Å². The second-order valence-corrected chi connectivity index (χ2v) is 8.10. The first-order chi connectivity index (χ1) is 11.8. The standard InChI is InChI=1S/C18H26FN3O2S/c1-12(2)18-22(17(24)13-5-7-14(19)8-6-13)15(11-25-18)16(23)20-9-10-21(3)4/h5-8,12,15,18H,9-11H2,1-4H3,(H,20,23)/p+1/t15-,18+/m0/s1. The van der Waals surface area contributed by atoms with E-state index in [9.17, 15) is 14.0 Å². The van der Waals surface area contributed by atoms with Gasteiger partial charge in [-0.2, -0.15) is 0 Å². The number of carbonyl (C=O) groups is 2. The maximum atomic E-state index is 13.1. The van der Waals surface area contributed by atoms with E-state index in [2.05, 4.69) is 5.32 Å². The highest BCUT2D eigenvalue weighted by atomic mass is 32.2. The molecular formula is C18H27FN3O2S+. The molecule has 2 atom stereocenters. The van der Waals surface area contributed by atoms with Gasteiger partial charge in [-0.15, -0.1) is 11.8 Å². The van der Waals surface area contributed by atoms with Crippen molar-refractivity contribution in [3.63, 3.8) is 0 Å². The summed E-state index contributed by atoms with van der Waals surface area (Å²) in [5, 5.41) is 2.87. The van der Waals surface area contributed by atoms with Gasteiger partial charge in [0, 0.05) is 11.3 Å². The Morgan fingerprint density at radius 2 is 1.96 bits per heavy atom. The number of likely N-dealkylation sites (N-methyl/N-ethyl adjacent to an activating group) is 1. The zero-order valence-corrected chi connectivity index (χ0v) is 16.0. The average molecular weight is 368 g/mol. The lowest BCUT2D eigenvalue weighted by Gasteiger charge is -2.31. The highest BCUT2D eigenvalue weighted by Gasteiger charge is 2.42. The number of halogens is 1. The number of rotatable bonds is 6. The molecule has 0 spiro atoms. The largest absolute Gasteiger partial charge is 0.349 e. The van der Waals surface area contributed by atoms with Crippen molar-refractivity contribution < 1.29 is 18.9 Å². The molecule has 0 unspecified atom stereocenters. The molecule has 1 aromatic rings. The van der Waals surface area contributed by atoms with Gasteiger partial charge in [-0.3, -0.25) is 9.59 Å². The Balaban J connectivity index is 2.16. The smallest absolute Gasteiger partial charge is 0.255 e. The van der Waals surface area contributed by atoms with Crippen molar-refractivity contribution in [2.24, 2.45) is 5.92 Å². The third kappa shape index (κ3) is 4.95. The van der Waals surface area contributed by atoms with Crippen molar-refractivity contribution in [3.05, 3.63) is 35.6 Å². The van der Waals surface area contributed by atoms with Crippen molar-refractivity contribution >= 4 is 23.6 Å². The molecule has 0 aliphatic carbocycles. The Hall–Kier alpha value is -1.60. The van der Waals surface area contributed by atoms with Crippen LogP contribution < -0.4 is 10.2 Å². The van der Waals surface area contributed by atoms with Crippen LogP contribution in [0.25, 0.3) is 0 Å². The van der Waals surface area contributed by atoms with E-state index in [0.29, 0.717) is 17.9 Å². The first-order valence-corrected chi connectivity index (χ1v) is 9.62. The van der Waals surface area contributed by atoms with E-state index >= 15 is 0 Å². The minimum Gasteiger partial charge on any atom is -0.349 e. The third-order valence-electron chi connectivity index (χ3n) is 4.16. The van der Waals surface area contributed by atoms with Gasteiger partial charge in [0.25, 0.3) is 5.91 Å². The molecule has 1 aromatic carbocycles. The van der Waals surface area contributed by atoms with Gasteiger partial charge < -0.3 is 15.1 Å². The molecule has 7 heteroatoms. The van der Waals surface area contributed by atoms with E-state index in [0.717, 1.165) is 6.54 Å². The zero-order chi connectivity index (χ0) is 18.6. The molecular weight excluding hydrogens is 341 g/mol. The average Bonchev–Trinajstić information content (AvgIpc) is 2.99. The Labute approximate surface area is 152 Å². The molecule has 1 aliphatic heterocycles. The maximum absolute atomic E-state index is 13.1. The van der Waals surface area contributed by atoms with Gasteiger partial charge in [-0.05, 0) is 30.2 Å². The number of carbonyl (C=O) groups excluding carboxylic acids is 2. The maximum Gasteiger partial charge on any atom is 0.255 e. The molecule has 138 valence electrons. The second-order valence-electron chi connectivity index (χ2n) is 6.95. The van der Waals surface area contributed by atoms with Gasteiger partial charge in [0.05, 0.1) is 32.6 Å². The van der Waals surface area contributed by atoms with Crippen LogP contribution in [-0.4, -0.2) is 61.1 Å².